The van der Waals surface area contributed by atoms with Crippen LogP contribution in [0.25, 0.3) is 0 Å². The highest BCUT2D eigenvalue weighted by molar-refractivity contribution is 7.90. The van der Waals surface area contributed by atoms with E-state index < -0.39 is 15.9 Å². The molecule has 130 valence electrons. The average Bonchev–Trinajstić information content (AvgIpc) is 2.53. The average molecular weight is 368 g/mol. The van der Waals surface area contributed by atoms with Crippen LogP contribution in [0, 0.1) is 0 Å². The number of aliphatic hydroxyl groups excluding tert-OH is 1. The summed E-state index contributed by atoms with van der Waals surface area (Å²) >= 11 is 6.12. The fourth-order valence-electron chi connectivity index (χ4n) is 2.52. The Hall–Kier alpha value is -1.40. The number of sulfone groups is 1. The molecule has 0 spiro atoms. The van der Waals surface area contributed by atoms with Crippen LogP contribution in [0.5, 0.6) is 0 Å². The summed E-state index contributed by atoms with van der Waals surface area (Å²) in [7, 11) is -1.28. The van der Waals surface area contributed by atoms with E-state index in [0.29, 0.717) is 22.0 Å². The van der Waals surface area contributed by atoms with Crippen molar-refractivity contribution in [3.05, 3.63) is 64.7 Å². The summed E-state index contributed by atoms with van der Waals surface area (Å²) < 4.78 is 23.1. The summed E-state index contributed by atoms with van der Waals surface area (Å²) in [5.74, 6) is 0. The first-order chi connectivity index (χ1) is 11.2. The van der Waals surface area contributed by atoms with Gasteiger partial charge in [-0.3, -0.25) is 4.90 Å². The van der Waals surface area contributed by atoms with Crippen LogP contribution in [0.15, 0.2) is 53.4 Å². The molecule has 2 aromatic carbocycles. The number of aliphatic hydroxyl groups is 1. The van der Waals surface area contributed by atoms with E-state index in [1.165, 1.54) is 6.26 Å². The molecule has 2 aromatic rings. The molecule has 0 aromatic heterocycles. The lowest BCUT2D eigenvalue weighted by Gasteiger charge is -2.28. The normalized spacial score (nSPS) is 14.6. The largest absolute Gasteiger partial charge is 0.387 e. The zero-order chi connectivity index (χ0) is 17.9. The Kier molecular flexibility index (Phi) is 6.04. The van der Waals surface area contributed by atoms with Crippen molar-refractivity contribution in [1.82, 2.24) is 4.90 Å². The van der Waals surface area contributed by atoms with E-state index in [1.54, 1.807) is 30.3 Å². The highest BCUT2D eigenvalue weighted by Crippen LogP contribution is 2.26. The SMILES string of the molecule is C[C@H](c1ccc(S(C)(=O)=O)cc1)N(C)C[C@H](O)c1ccccc1Cl. The van der Waals surface area contributed by atoms with Crippen molar-refractivity contribution in [1.29, 1.82) is 0 Å². The molecule has 0 saturated carbocycles. The molecule has 24 heavy (non-hydrogen) atoms. The van der Waals surface area contributed by atoms with Crippen LogP contribution in [0.3, 0.4) is 0 Å². The van der Waals surface area contributed by atoms with E-state index in [1.807, 2.05) is 37.1 Å². The fourth-order valence-corrected chi connectivity index (χ4v) is 3.41. The molecule has 0 fully saturated rings. The number of nitrogens with zero attached hydrogens (tertiary/aromatic N) is 1. The lowest BCUT2D eigenvalue weighted by atomic mass is 10.1. The van der Waals surface area contributed by atoms with Crippen molar-refractivity contribution >= 4 is 21.4 Å². The van der Waals surface area contributed by atoms with Crippen LogP contribution < -0.4 is 0 Å². The molecule has 0 saturated heterocycles. The van der Waals surface area contributed by atoms with Gasteiger partial charge in [0.15, 0.2) is 9.84 Å². The molecule has 0 unspecified atom stereocenters. The second-order valence-electron chi connectivity index (χ2n) is 5.99. The molecule has 0 amide bonds. The molecule has 0 radical (unpaired) electrons. The van der Waals surface area contributed by atoms with Crippen molar-refractivity contribution in [3.8, 4) is 0 Å². The predicted molar refractivity (Wildman–Crippen MR) is 97.0 cm³/mol. The number of likely N-dealkylation sites (N-methyl/N-ethyl adjacent to an activating group) is 1. The van der Waals surface area contributed by atoms with Crippen molar-refractivity contribution in [2.75, 3.05) is 19.8 Å². The minimum absolute atomic E-state index is 0.0238. The van der Waals surface area contributed by atoms with E-state index in [9.17, 15) is 13.5 Å². The van der Waals surface area contributed by atoms with Crippen LogP contribution in [0.4, 0.5) is 0 Å². The topological polar surface area (TPSA) is 57.6 Å². The Bertz CT molecular complexity index is 790. The van der Waals surface area contributed by atoms with Crippen LogP contribution in [0.2, 0.25) is 5.02 Å². The third kappa shape index (κ3) is 4.57. The monoisotopic (exact) mass is 367 g/mol. The number of rotatable bonds is 6. The van der Waals surface area contributed by atoms with Gasteiger partial charge in [-0.25, -0.2) is 8.42 Å². The Morgan fingerprint density at radius 1 is 1.12 bits per heavy atom. The zero-order valence-electron chi connectivity index (χ0n) is 14.0. The maximum absolute atomic E-state index is 11.5. The smallest absolute Gasteiger partial charge is 0.175 e. The third-order valence-electron chi connectivity index (χ3n) is 4.18. The first-order valence-electron chi connectivity index (χ1n) is 7.63. The standard InChI is InChI=1S/C18H22ClNO3S/c1-13(14-8-10-15(11-9-14)24(3,22)23)20(2)12-18(21)16-6-4-5-7-17(16)19/h4-11,13,18,21H,12H2,1-3H3/t13-,18+/m1/s1. The van der Waals surface area contributed by atoms with Crippen LogP contribution >= 0.6 is 11.6 Å². The van der Waals surface area contributed by atoms with Crippen LogP contribution in [-0.4, -0.2) is 38.3 Å². The second kappa shape index (κ2) is 7.66. The van der Waals surface area contributed by atoms with Gasteiger partial charge < -0.3 is 5.11 Å². The summed E-state index contributed by atoms with van der Waals surface area (Å²) in [5.41, 5.74) is 1.68. The van der Waals surface area contributed by atoms with E-state index in [4.69, 9.17) is 11.6 Å². The zero-order valence-corrected chi connectivity index (χ0v) is 15.6. The quantitative estimate of drug-likeness (QED) is 0.849. The number of benzene rings is 2. The highest BCUT2D eigenvalue weighted by Gasteiger charge is 2.18. The van der Waals surface area contributed by atoms with Gasteiger partial charge in [0.05, 0.1) is 11.0 Å². The first kappa shape index (κ1) is 18.9. The van der Waals surface area contributed by atoms with E-state index in [2.05, 4.69) is 0 Å². The van der Waals surface area contributed by atoms with Crippen LogP contribution in [0.1, 0.15) is 30.2 Å². The second-order valence-corrected chi connectivity index (χ2v) is 8.42. The van der Waals surface area contributed by atoms with E-state index in [-0.39, 0.29) is 6.04 Å². The summed E-state index contributed by atoms with van der Waals surface area (Å²) in [6, 6.07) is 14.1. The number of hydrogen-bond donors (Lipinski definition) is 1. The van der Waals surface area contributed by atoms with Crippen molar-refractivity contribution in [3.63, 3.8) is 0 Å². The maximum atomic E-state index is 11.5. The Morgan fingerprint density at radius 3 is 2.25 bits per heavy atom. The molecule has 0 aliphatic carbocycles. The molecule has 0 bridgehead atoms. The summed E-state index contributed by atoms with van der Waals surface area (Å²) in [6.07, 6.45) is 0.499. The van der Waals surface area contributed by atoms with Crippen molar-refractivity contribution in [2.45, 2.75) is 24.0 Å². The van der Waals surface area contributed by atoms with Gasteiger partial charge in [-0.2, -0.15) is 0 Å². The predicted octanol–water partition coefficient (Wildman–Crippen LogP) is 3.47. The molecule has 6 heteroatoms. The lowest BCUT2D eigenvalue weighted by Crippen LogP contribution is -2.27. The van der Waals surface area contributed by atoms with Gasteiger partial charge in [-0.15, -0.1) is 0 Å². The molecule has 1 N–H and O–H groups in total. The molecule has 2 rings (SSSR count). The minimum Gasteiger partial charge on any atom is -0.387 e. The van der Waals surface area contributed by atoms with Gasteiger partial charge in [0.25, 0.3) is 0 Å². The molecule has 4 nitrogen and oxygen atoms in total. The first-order valence-corrected chi connectivity index (χ1v) is 9.90. The number of halogens is 1. The molecular weight excluding hydrogens is 346 g/mol. The highest BCUT2D eigenvalue weighted by atomic mass is 35.5. The van der Waals surface area contributed by atoms with Crippen molar-refractivity contribution in [2.24, 2.45) is 0 Å². The van der Waals surface area contributed by atoms with Gasteiger partial charge in [0.1, 0.15) is 0 Å². The van der Waals surface area contributed by atoms with Crippen molar-refractivity contribution < 1.29 is 13.5 Å². The molecule has 0 heterocycles. The summed E-state index contributed by atoms with van der Waals surface area (Å²) in [5, 5.41) is 11.0. The fraction of sp³-hybridized carbons (Fsp3) is 0.333. The third-order valence-corrected chi connectivity index (χ3v) is 5.65. The van der Waals surface area contributed by atoms with Crippen LogP contribution in [-0.2, 0) is 9.84 Å². The summed E-state index contributed by atoms with van der Waals surface area (Å²) in [4.78, 5) is 2.31. The molecular formula is C18H22ClNO3S. The van der Waals surface area contributed by atoms with Gasteiger partial charge in [0.2, 0.25) is 0 Å². The Balaban J connectivity index is 2.09. The van der Waals surface area contributed by atoms with Gasteiger partial charge in [0, 0.05) is 29.4 Å². The number of hydrogen-bond acceptors (Lipinski definition) is 4. The van der Waals surface area contributed by atoms with E-state index in [0.717, 1.165) is 5.56 Å². The Morgan fingerprint density at radius 2 is 1.71 bits per heavy atom. The minimum atomic E-state index is -3.19. The van der Waals surface area contributed by atoms with E-state index >= 15 is 0 Å². The molecule has 0 aliphatic rings. The maximum Gasteiger partial charge on any atom is 0.175 e. The van der Waals surface area contributed by atoms with Gasteiger partial charge >= 0.3 is 0 Å². The lowest BCUT2D eigenvalue weighted by molar-refractivity contribution is 0.108. The molecule has 2 atom stereocenters. The summed E-state index contributed by atoms with van der Waals surface area (Å²) in [6.45, 7) is 2.42. The Labute approximate surface area is 148 Å². The van der Waals surface area contributed by atoms with Gasteiger partial charge in [-0.05, 0) is 37.7 Å². The molecule has 0 aliphatic heterocycles. The van der Waals surface area contributed by atoms with Gasteiger partial charge in [-0.1, -0.05) is 41.9 Å².